The van der Waals surface area contributed by atoms with Crippen LogP contribution in [0.25, 0.3) is 0 Å². The molecule has 0 bridgehead atoms. The largest absolute Gasteiger partial charge is 0.322 e. The molecule has 0 unspecified atom stereocenters. The van der Waals surface area contributed by atoms with Crippen LogP contribution in [0.1, 0.15) is 21.5 Å². The molecule has 0 spiro atoms. The second kappa shape index (κ2) is 6.93. The van der Waals surface area contributed by atoms with Crippen LogP contribution in [0.3, 0.4) is 0 Å². The summed E-state index contributed by atoms with van der Waals surface area (Å²) in [5, 5.41) is 3.38. The monoisotopic (exact) mass is 366 g/mol. The van der Waals surface area contributed by atoms with Gasteiger partial charge in [-0.05, 0) is 55.3 Å². The zero-order chi connectivity index (χ0) is 18.1. The van der Waals surface area contributed by atoms with E-state index in [1.54, 1.807) is 31.2 Å². The highest BCUT2D eigenvalue weighted by molar-refractivity contribution is 7.89. The summed E-state index contributed by atoms with van der Waals surface area (Å²) in [4.78, 5) is 12.6. The summed E-state index contributed by atoms with van der Waals surface area (Å²) >= 11 is 5.91. The minimum atomic E-state index is -3.60. The van der Waals surface area contributed by atoms with Crippen LogP contribution in [0.4, 0.5) is 5.69 Å². The average molecular weight is 367 g/mol. The van der Waals surface area contributed by atoms with Gasteiger partial charge in [-0.1, -0.05) is 17.7 Å². The van der Waals surface area contributed by atoms with Gasteiger partial charge in [0.05, 0.1) is 4.90 Å². The zero-order valence-corrected chi connectivity index (χ0v) is 15.5. The van der Waals surface area contributed by atoms with Crippen molar-refractivity contribution in [2.75, 3.05) is 19.4 Å². The van der Waals surface area contributed by atoms with Crippen LogP contribution in [-0.2, 0) is 10.0 Å². The molecule has 1 amide bonds. The zero-order valence-electron chi connectivity index (χ0n) is 13.9. The Morgan fingerprint density at radius 2 is 1.71 bits per heavy atom. The number of anilines is 1. The Kier molecular flexibility index (Phi) is 5.32. The molecule has 0 saturated carbocycles. The van der Waals surface area contributed by atoms with Gasteiger partial charge in [-0.15, -0.1) is 0 Å². The lowest BCUT2D eigenvalue weighted by Gasteiger charge is -2.14. The van der Waals surface area contributed by atoms with Gasteiger partial charge < -0.3 is 5.32 Å². The Morgan fingerprint density at radius 3 is 2.29 bits per heavy atom. The molecule has 0 heterocycles. The third-order valence-corrected chi connectivity index (χ3v) is 5.72. The number of sulfonamides is 1. The van der Waals surface area contributed by atoms with Gasteiger partial charge in [0, 0.05) is 30.4 Å². The van der Waals surface area contributed by atoms with Gasteiger partial charge in [0.25, 0.3) is 5.91 Å². The van der Waals surface area contributed by atoms with Crippen molar-refractivity contribution in [3.8, 4) is 0 Å². The first-order valence-electron chi connectivity index (χ1n) is 7.23. The van der Waals surface area contributed by atoms with Gasteiger partial charge in [-0.3, -0.25) is 4.79 Å². The number of rotatable bonds is 4. The minimum absolute atomic E-state index is 0.0797. The summed E-state index contributed by atoms with van der Waals surface area (Å²) in [7, 11) is -0.700. The smallest absolute Gasteiger partial charge is 0.255 e. The lowest BCUT2D eigenvalue weighted by atomic mass is 10.1. The first-order chi connectivity index (χ1) is 11.1. The van der Waals surface area contributed by atoms with Gasteiger partial charge >= 0.3 is 0 Å². The number of carbonyl (C=O) groups is 1. The lowest BCUT2D eigenvalue weighted by Crippen LogP contribution is -2.23. The van der Waals surface area contributed by atoms with Crippen molar-refractivity contribution in [1.82, 2.24) is 4.31 Å². The fraction of sp³-hybridized carbons (Fsp3) is 0.235. The van der Waals surface area contributed by atoms with E-state index in [4.69, 9.17) is 11.6 Å². The van der Waals surface area contributed by atoms with Crippen molar-refractivity contribution < 1.29 is 13.2 Å². The molecule has 2 aromatic carbocycles. The molecule has 1 N–H and O–H groups in total. The highest BCUT2D eigenvalue weighted by atomic mass is 35.5. The van der Waals surface area contributed by atoms with E-state index in [0.717, 1.165) is 9.87 Å². The molecule has 0 aliphatic carbocycles. The molecule has 24 heavy (non-hydrogen) atoms. The van der Waals surface area contributed by atoms with E-state index >= 15 is 0 Å². The summed E-state index contributed by atoms with van der Waals surface area (Å²) in [6, 6.07) is 9.66. The molecule has 2 aromatic rings. The van der Waals surface area contributed by atoms with Crippen LogP contribution in [0.5, 0.6) is 0 Å². The van der Waals surface area contributed by atoms with Crippen molar-refractivity contribution in [3.05, 3.63) is 58.1 Å². The fourth-order valence-corrected chi connectivity index (χ4v) is 3.33. The lowest BCUT2D eigenvalue weighted by molar-refractivity contribution is 0.102. The number of hydrogen-bond acceptors (Lipinski definition) is 3. The Labute approximate surface area is 147 Å². The van der Waals surface area contributed by atoms with Gasteiger partial charge in [0.15, 0.2) is 0 Å². The van der Waals surface area contributed by atoms with Crippen LogP contribution >= 0.6 is 11.6 Å². The van der Waals surface area contributed by atoms with E-state index in [-0.39, 0.29) is 10.8 Å². The van der Waals surface area contributed by atoms with E-state index in [2.05, 4.69) is 5.32 Å². The maximum absolute atomic E-state index is 12.6. The van der Waals surface area contributed by atoms with Crippen molar-refractivity contribution in [2.45, 2.75) is 18.7 Å². The van der Waals surface area contributed by atoms with Crippen LogP contribution in [0, 0.1) is 13.8 Å². The van der Waals surface area contributed by atoms with Gasteiger partial charge in [0.2, 0.25) is 10.0 Å². The second-order valence-electron chi connectivity index (χ2n) is 5.68. The van der Waals surface area contributed by atoms with Crippen molar-refractivity contribution in [1.29, 1.82) is 0 Å². The molecule has 0 aliphatic heterocycles. The molecule has 0 aromatic heterocycles. The van der Waals surface area contributed by atoms with Crippen molar-refractivity contribution >= 4 is 33.2 Å². The highest BCUT2D eigenvalue weighted by Gasteiger charge is 2.20. The highest BCUT2D eigenvalue weighted by Crippen LogP contribution is 2.22. The minimum Gasteiger partial charge on any atom is -0.322 e. The summed E-state index contributed by atoms with van der Waals surface area (Å²) in [5.74, 6) is -0.367. The number of benzene rings is 2. The van der Waals surface area contributed by atoms with E-state index in [0.29, 0.717) is 21.8 Å². The third kappa shape index (κ3) is 3.77. The summed E-state index contributed by atoms with van der Waals surface area (Å²) in [6.07, 6.45) is 0. The molecule has 5 nitrogen and oxygen atoms in total. The average Bonchev–Trinajstić information content (AvgIpc) is 2.50. The van der Waals surface area contributed by atoms with Crippen LogP contribution < -0.4 is 5.32 Å². The van der Waals surface area contributed by atoms with Gasteiger partial charge in [-0.2, -0.15) is 0 Å². The number of hydrogen-bond donors (Lipinski definition) is 1. The SMILES string of the molecule is Cc1cc(Cl)ccc1NC(=O)c1cc(S(=O)(=O)N(C)C)ccc1C. The van der Waals surface area contributed by atoms with E-state index in [1.807, 2.05) is 6.92 Å². The molecule has 0 radical (unpaired) electrons. The molecular weight excluding hydrogens is 348 g/mol. The number of nitrogens with zero attached hydrogens (tertiary/aromatic N) is 1. The normalized spacial score (nSPS) is 11.6. The summed E-state index contributed by atoms with van der Waals surface area (Å²) in [6.45, 7) is 3.59. The summed E-state index contributed by atoms with van der Waals surface area (Å²) in [5.41, 5.74) is 2.46. The topological polar surface area (TPSA) is 66.5 Å². The predicted molar refractivity (Wildman–Crippen MR) is 96.2 cm³/mol. The number of aryl methyl sites for hydroxylation is 2. The molecule has 2 rings (SSSR count). The molecule has 0 atom stereocenters. The maximum atomic E-state index is 12.6. The fourth-order valence-electron chi connectivity index (χ4n) is 2.17. The maximum Gasteiger partial charge on any atom is 0.255 e. The summed E-state index contributed by atoms with van der Waals surface area (Å²) < 4.78 is 25.6. The molecule has 0 aliphatic rings. The van der Waals surface area contributed by atoms with Gasteiger partial charge in [0.1, 0.15) is 0 Å². The second-order valence-corrected chi connectivity index (χ2v) is 8.27. The third-order valence-electron chi connectivity index (χ3n) is 3.67. The van der Waals surface area contributed by atoms with Crippen LogP contribution in [-0.4, -0.2) is 32.7 Å². The first-order valence-corrected chi connectivity index (χ1v) is 9.05. The Hall–Kier alpha value is -1.89. The molecule has 0 fully saturated rings. The van der Waals surface area contributed by atoms with E-state index in [9.17, 15) is 13.2 Å². The molecule has 7 heteroatoms. The molecule has 128 valence electrons. The quantitative estimate of drug-likeness (QED) is 0.901. The van der Waals surface area contributed by atoms with E-state index < -0.39 is 10.0 Å². The Morgan fingerprint density at radius 1 is 1.04 bits per heavy atom. The number of carbonyl (C=O) groups excluding carboxylic acids is 1. The predicted octanol–water partition coefficient (Wildman–Crippen LogP) is 3.46. The number of nitrogens with one attached hydrogen (secondary N) is 1. The van der Waals surface area contributed by atoms with Crippen LogP contribution in [0.15, 0.2) is 41.3 Å². The Balaban J connectivity index is 2.39. The molecular formula is C17H19ClN2O3S. The molecule has 0 saturated heterocycles. The number of amides is 1. The van der Waals surface area contributed by atoms with E-state index in [1.165, 1.54) is 26.2 Å². The van der Waals surface area contributed by atoms with Crippen LogP contribution in [0.2, 0.25) is 5.02 Å². The standard InChI is InChI=1S/C17H19ClN2O3S/c1-11-5-7-14(24(22,23)20(3)4)10-15(11)17(21)19-16-8-6-13(18)9-12(16)2/h5-10H,1-4H3,(H,19,21). The van der Waals surface area contributed by atoms with Gasteiger partial charge in [-0.25, -0.2) is 12.7 Å². The van der Waals surface area contributed by atoms with Crippen molar-refractivity contribution in [2.24, 2.45) is 0 Å². The Bertz CT molecular complexity index is 893. The first kappa shape index (κ1) is 18.4. The number of halogens is 1. The van der Waals surface area contributed by atoms with Crippen molar-refractivity contribution in [3.63, 3.8) is 0 Å².